The highest BCUT2D eigenvalue weighted by Gasteiger charge is 2.44. The molecule has 2 fully saturated rings. The molecule has 3 heterocycles. The predicted molar refractivity (Wildman–Crippen MR) is 85.9 cm³/mol. The Morgan fingerprint density at radius 3 is 2.64 bits per heavy atom. The molecule has 1 N–H and O–H groups in total. The van der Waals surface area contributed by atoms with Gasteiger partial charge in [0.1, 0.15) is 0 Å². The zero-order valence-corrected chi connectivity index (χ0v) is 13.9. The van der Waals surface area contributed by atoms with Gasteiger partial charge in [-0.15, -0.1) is 0 Å². The second-order valence-corrected chi connectivity index (χ2v) is 8.97. The predicted octanol–water partition coefficient (Wildman–Crippen LogP) is 2.62. The van der Waals surface area contributed by atoms with Gasteiger partial charge in [0, 0.05) is 17.5 Å². The smallest absolute Gasteiger partial charge is 0.182 e. The number of aromatic amines is 1. The fraction of sp³-hybridized carbons (Fsp3) is 0.533. The van der Waals surface area contributed by atoms with Crippen molar-refractivity contribution >= 4 is 32.3 Å². The summed E-state index contributed by atoms with van der Waals surface area (Å²) >= 11 is 6.35. The van der Waals surface area contributed by atoms with Crippen molar-refractivity contribution in [3.05, 3.63) is 23.4 Å². The topological polar surface area (TPSA) is 66.1 Å². The number of sulfone groups is 1. The van der Waals surface area contributed by atoms with Crippen molar-refractivity contribution in [1.29, 1.82) is 0 Å². The number of hydrogen-bond donors (Lipinski definition) is 1. The van der Waals surface area contributed by atoms with Gasteiger partial charge in [0.2, 0.25) is 0 Å². The molecule has 2 bridgehead atoms. The number of H-pyrrole nitrogens is 1. The van der Waals surface area contributed by atoms with Gasteiger partial charge in [-0.3, -0.25) is 5.10 Å². The third kappa shape index (κ3) is 2.01. The van der Waals surface area contributed by atoms with E-state index in [2.05, 4.69) is 22.1 Å². The molecule has 7 heteroatoms. The normalized spacial score (nSPS) is 29.3. The molecule has 2 unspecified atom stereocenters. The quantitative estimate of drug-likeness (QED) is 0.913. The number of nitrogens with zero attached hydrogens (tertiary/aromatic N) is 2. The first kappa shape index (κ1) is 14.5. The molecule has 1 aromatic carbocycles. The Hall–Kier alpha value is -1.11. The van der Waals surface area contributed by atoms with Crippen molar-refractivity contribution < 1.29 is 8.42 Å². The highest BCUT2D eigenvalue weighted by atomic mass is 35.5. The lowest BCUT2D eigenvalue weighted by Gasteiger charge is -2.36. The fourth-order valence-electron chi connectivity index (χ4n) is 3.98. The fourth-order valence-corrected chi connectivity index (χ4v) is 6.44. The van der Waals surface area contributed by atoms with Crippen molar-refractivity contribution in [3.63, 3.8) is 0 Å². The van der Waals surface area contributed by atoms with Crippen molar-refractivity contribution in [2.45, 2.75) is 47.9 Å². The molecule has 22 heavy (non-hydrogen) atoms. The van der Waals surface area contributed by atoms with E-state index in [0.717, 1.165) is 18.4 Å². The van der Waals surface area contributed by atoms with Crippen molar-refractivity contribution in [2.75, 3.05) is 7.05 Å². The number of fused-ring (bicyclic) bond motifs is 3. The number of aromatic nitrogens is 2. The van der Waals surface area contributed by atoms with E-state index in [1.807, 2.05) is 0 Å². The number of benzene rings is 1. The Morgan fingerprint density at radius 2 is 1.95 bits per heavy atom. The molecule has 0 aliphatic carbocycles. The van der Waals surface area contributed by atoms with Gasteiger partial charge in [0.05, 0.1) is 26.9 Å². The summed E-state index contributed by atoms with van der Waals surface area (Å²) in [6.45, 7) is 0. The van der Waals surface area contributed by atoms with E-state index in [-0.39, 0.29) is 15.2 Å². The lowest BCUT2D eigenvalue weighted by molar-refractivity contribution is 0.180. The summed E-state index contributed by atoms with van der Waals surface area (Å²) in [6.07, 6.45) is 5.18. The van der Waals surface area contributed by atoms with Crippen molar-refractivity contribution in [1.82, 2.24) is 15.1 Å². The summed E-state index contributed by atoms with van der Waals surface area (Å²) in [5.41, 5.74) is 0.757. The first-order valence-corrected chi connectivity index (χ1v) is 9.48. The summed E-state index contributed by atoms with van der Waals surface area (Å²) in [4.78, 5) is 2.59. The Balaban J connectivity index is 1.75. The maximum Gasteiger partial charge on any atom is 0.182 e. The van der Waals surface area contributed by atoms with Gasteiger partial charge in [-0.05, 0) is 44.9 Å². The zero-order valence-electron chi connectivity index (χ0n) is 12.3. The zero-order chi connectivity index (χ0) is 15.5. The van der Waals surface area contributed by atoms with E-state index in [0.29, 0.717) is 30.3 Å². The van der Waals surface area contributed by atoms with Gasteiger partial charge >= 0.3 is 0 Å². The van der Waals surface area contributed by atoms with Crippen LogP contribution in [0, 0.1) is 0 Å². The van der Waals surface area contributed by atoms with Gasteiger partial charge in [0.25, 0.3) is 0 Å². The second kappa shape index (κ2) is 4.94. The first-order valence-electron chi connectivity index (χ1n) is 7.56. The monoisotopic (exact) mass is 339 g/mol. The van der Waals surface area contributed by atoms with Gasteiger partial charge in [-0.1, -0.05) is 11.6 Å². The Kier molecular flexibility index (Phi) is 3.25. The maximum atomic E-state index is 13.1. The molecule has 5 nitrogen and oxygen atoms in total. The minimum absolute atomic E-state index is 0.247. The van der Waals surface area contributed by atoms with E-state index in [1.54, 1.807) is 18.3 Å². The Bertz CT molecular complexity index is 818. The van der Waals surface area contributed by atoms with E-state index in [1.165, 1.54) is 0 Å². The molecule has 0 amide bonds. The van der Waals surface area contributed by atoms with Crippen LogP contribution in [-0.4, -0.2) is 47.9 Å². The third-order valence-corrected chi connectivity index (χ3v) is 8.06. The number of nitrogens with one attached hydrogen (secondary N) is 1. The highest BCUT2D eigenvalue weighted by Crippen LogP contribution is 2.40. The van der Waals surface area contributed by atoms with Crippen LogP contribution in [0.1, 0.15) is 25.7 Å². The molecule has 0 spiro atoms. The minimum Gasteiger partial charge on any atom is -0.300 e. The summed E-state index contributed by atoms with van der Waals surface area (Å²) in [7, 11) is -1.30. The second-order valence-electron chi connectivity index (χ2n) is 6.40. The number of piperidine rings is 1. The average molecular weight is 340 g/mol. The van der Waals surface area contributed by atoms with Crippen LogP contribution in [0.4, 0.5) is 0 Å². The van der Waals surface area contributed by atoms with Gasteiger partial charge in [-0.2, -0.15) is 5.10 Å². The highest BCUT2D eigenvalue weighted by molar-refractivity contribution is 7.92. The molecule has 118 valence electrons. The number of hydrogen-bond acceptors (Lipinski definition) is 4. The van der Waals surface area contributed by atoms with Crippen LogP contribution in [0.2, 0.25) is 5.02 Å². The van der Waals surface area contributed by atoms with Crippen LogP contribution in [0.15, 0.2) is 23.2 Å². The standard InChI is InChI=1S/C15H18ClN3O2S/c1-19-9-2-3-10(19)7-11(6-9)22(20,21)14-5-4-13-12(15(14)16)8-17-18-13/h4-5,8-11H,2-3,6-7H2,1H3,(H,17,18). The van der Waals surface area contributed by atoms with Crippen LogP contribution < -0.4 is 0 Å². The lowest BCUT2D eigenvalue weighted by Crippen LogP contribution is -2.44. The van der Waals surface area contributed by atoms with Gasteiger partial charge in [0.15, 0.2) is 9.84 Å². The largest absolute Gasteiger partial charge is 0.300 e. The molecular formula is C15H18ClN3O2S. The SMILES string of the molecule is CN1C2CCC1CC(S(=O)(=O)c1ccc3[nH]ncc3c1Cl)C2. The van der Waals surface area contributed by atoms with Crippen molar-refractivity contribution in [3.8, 4) is 0 Å². The van der Waals surface area contributed by atoms with E-state index >= 15 is 0 Å². The molecule has 2 aliphatic rings. The van der Waals surface area contributed by atoms with Crippen LogP contribution in [-0.2, 0) is 9.84 Å². The molecule has 4 rings (SSSR count). The average Bonchev–Trinajstić information content (AvgIpc) is 3.01. The van der Waals surface area contributed by atoms with Crippen molar-refractivity contribution in [2.24, 2.45) is 0 Å². The first-order chi connectivity index (χ1) is 10.5. The summed E-state index contributed by atoms with van der Waals surface area (Å²) in [6, 6.07) is 4.12. The Morgan fingerprint density at radius 1 is 1.27 bits per heavy atom. The maximum absolute atomic E-state index is 13.1. The summed E-state index contributed by atoms with van der Waals surface area (Å²) in [5.74, 6) is 0. The molecule has 1 aromatic heterocycles. The van der Waals surface area contributed by atoms with Gasteiger partial charge in [-0.25, -0.2) is 8.42 Å². The van der Waals surface area contributed by atoms with Crippen LogP contribution >= 0.6 is 11.6 Å². The molecule has 0 saturated carbocycles. The lowest BCUT2D eigenvalue weighted by atomic mass is 10.0. The molecule has 2 saturated heterocycles. The van der Waals surface area contributed by atoms with Gasteiger partial charge < -0.3 is 4.90 Å². The minimum atomic E-state index is -3.41. The summed E-state index contributed by atoms with van der Waals surface area (Å²) in [5, 5.41) is 7.37. The third-order valence-electron chi connectivity index (χ3n) is 5.32. The van der Waals surface area contributed by atoms with E-state index in [9.17, 15) is 8.42 Å². The van der Waals surface area contributed by atoms with E-state index in [4.69, 9.17) is 11.6 Å². The summed E-state index contributed by atoms with van der Waals surface area (Å²) < 4.78 is 26.1. The Labute approximate surface area is 134 Å². The van der Waals surface area contributed by atoms with Crippen LogP contribution in [0.3, 0.4) is 0 Å². The molecule has 2 aliphatic heterocycles. The van der Waals surface area contributed by atoms with Crippen LogP contribution in [0.25, 0.3) is 10.9 Å². The number of halogens is 1. The number of rotatable bonds is 2. The molecule has 2 aromatic rings. The van der Waals surface area contributed by atoms with E-state index < -0.39 is 9.84 Å². The molecular weight excluding hydrogens is 322 g/mol. The van der Waals surface area contributed by atoms with Crippen LogP contribution in [0.5, 0.6) is 0 Å². The molecule has 0 radical (unpaired) electrons. The molecule has 2 atom stereocenters.